The summed E-state index contributed by atoms with van der Waals surface area (Å²) in [7, 11) is 0. The van der Waals surface area contributed by atoms with E-state index in [1.54, 1.807) is 12.1 Å². The zero-order valence-electron chi connectivity index (χ0n) is 18.9. The number of ether oxygens (including phenoxy) is 1. The number of fused-ring (bicyclic) bond motifs is 2. The van der Waals surface area contributed by atoms with Crippen molar-refractivity contribution in [2.75, 3.05) is 6.61 Å². The summed E-state index contributed by atoms with van der Waals surface area (Å²) in [5.41, 5.74) is 4.52. The summed E-state index contributed by atoms with van der Waals surface area (Å²) in [6.45, 7) is 4.32. The van der Waals surface area contributed by atoms with Crippen LogP contribution >= 0.6 is 11.8 Å². The van der Waals surface area contributed by atoms with E-state index in [2.05, 4.69) is 42.4 Å². The minimum absolute atomic E-state index is 0.134. The number of hydrogen-bond donors (Lipinski definition) is 0. The number of carbonyl (C=O) groups is 1. The van der Waals surface area contributed by atoms with E-state index in [9.17, 15) is 9.18 Å². The van der Waals surface area contributed by atoms with Gasteiger partial charge in [-0.25, -0.2) is 9.07 Å². The molecule has 2 aliphatic rings. The van der Waals surface area contributed by atoms with Gasteiger partial charge in [-0.3, -0.25) is 4.79 Å². The van der Waals surface area contributed by atoms with Crippen LogP contribution in [0.3, 0.4) is 0 Å². The summed E-state index contributed by atoms with van der Waals surface area (Å²) < 4.78 is 20.9. The van der Waals surface area contributed by atoms with Crippen LogP contribution < -0.4 is 0 Å². The molecule has 6 heteroatoms. The predicted molar refractivity (Wildman–Crippen MR) is 129 cm³/mol. The molecule has 5 rings (SSSR count). The summed E-state index contributed by atoms with van der Waals surface area (Å²) in [5.74, 6) is -0.408. The third-order valence-corrected chi connectivity index (χ3v) is 7.96. The molecular formula is C27H27FN2O2S. The second-order valence-electron chi connectivity index (χ2n) is 8.89. The van der Waals surface area contributed by atoms with E-state index in [-0.39, 0.29) is 11.8 Å². The summed E-state index contributed by atoms with van der Waals surface area (Å²) in [5, 5.41) is 4.92. The third-order valence-electron chi connectivity index (χ3n) is 6.68. The highest BCUT2D eigenvalue weighted by Gasteiger charge is 2.50. The molecule has 0 N–H and O–H groups in total. The number of halogens is 1. The average molecular weight is 463 g/mol. The molecule has 2 aromatic carbocycles. The monoisotopic (exact) mass is 462 g/mol. The maximum atomic E-state index is 13.4. The fourth-order valence-corrected chi connectivity index (χ4v) is 6.28. The predicted octanol–water partition coefficient (Wildman–Crippen LogP) is 6.15. The number of rotatable bonds is 5. The number of carbonyl (C=O) groups excluding carboxylic acids is 1. The Kier molecular flexibility index (Phi) is 5.87. The van der Waals surface area contributed by atoms with Gasteiger partial charge in [0.15, 0.2) is 0 Å². The molecule has 0 radical (unpaired) electrons. The summed E-state index contributed by atoms with van der Waals surface area (Å²) in [6, 6.07) is 14.9. The van der Waals surface area contributed by atoms with E-state index in [4.69, 9.17) is 4.74 Å². The normalized spacial score (nSPS) is 21.7. The molecule has 1 saturated carbocycles. The highest BCUT2D eigenvalue weighted by atomic mass is 32.2. The lowest BCUT2D eigenvalue weighted by atomic mass is 9.64. The molecule has 0 spiro atoms. The molecule has 1 unspecified atom stereocenters. The third kappa shape index (κ3) is 4.12. The molecule has 1 heterocycles. The van der Waals surface area contributed by atoms with Crippen molar-refractivity contribution < 1.29 is 13.9 Å². The molecule has 2 aliphatic carbocycles. The molecule has 0 saturated heterocycles. The molecule has 1 aromatic heterocycles. The van der Waals surface area contributed by atoms with Gasteiger partial charge in [0.25, 0.3) is 0 Å². The topological polar surface area (TPSA) is 44.1 Å². The Balaban J connectivity index is 1.48. The summed E-state index contributed by atoms with van der Waals surface area (Å²) >= 11 is 1.86. The molecule has 0 bridgehead atoms. The molecular weight excluding hydrogens is 435 g/mol. The van der Waals surface area contributed by atoms with Crippen molar-refractivity contribution in [2.24, 2.45) is 5.41 Å². The Morgan fingerprint density at radius 3 is 2.70 bits per heavy atom. The van der Waals surface area contributed by atoms with E-state index >= 15 is 0 Å². The SMILES string of the molecule is CCOC(=O)[C@]12Cc3cnn(-c4ccc(F)cc4)c3C=C1CCC(Sc1ccc(C)cc1)C2. The van der Waals surface area contributed by atoms with Crippen LogP contribution in [0, 0.1) is 18.2 Å². The van der Waals surface area contributed by atoms with Crippen LogP contribution in [0.1, 0.15) is 43.0 Å². The van der Waals surface area contributed by atoms with Gasteiger partial charge >= 0.3 is 5.97 Å². The first kappa shape index (κ1) is 22.0. The largest absolute Gasteiger partial charge is 0.465 e. The number of benzene rings is 2. The van der Waals surface area contributed by atoms with E-state index in [0.717, 1.165) is 41.8 Å². The number of aryl methyl sites for hydroxylation is 1. The van der Waals surface area contributed by atoms with Crippen molar-refractivity contribution in [1.29, 1.82) is 0 Å². The van der Waals surface area contributed by atoms with Crippen LogP contribution in [0.15, 0.2) is 65.2 Å². The van der Waals surface area contributed by atoms with Gasteiger partial charge in [-0.2, -0.15) is 5.10 Å². The fourth-order valence-electron chi connectivity index (χ4n) is 5.00. The van der Waals surface area contributed by atoms with Crippen molar-refractivity contribution in [3.63, 3.8) is 0 Å². The standard InChI is InChI=1S/C27H27FN2O2S/c1-3-32-26(31)27-15-19-17-29-30(22-9-7-21(28)8-10-22)25(19)14-20(27)6-13-24(16-27)33-23-11-4-18(2)5-12-23/h4-5,7-12,14,17,24H,3,6,13,15-16H2,1-2H3/t24?,27-/m0/s1. The van der Waals surface area contributed by atoms with Crippen LogP contribution in [0.2, 0.25) is 0 Å². The quantitative estimate of drug-likeness (QED) is 0.426. The van der Waals surface area contributed by atoms with Crippen LogP contribution in [0.5, 0.6) is 0 Å². The second kappa shape index (κ2) is 8.82. The second-order valence-corrected chi connectivity index (χ2v) is 10.3. The van der Waals surface area contributed by atoms with Gasteiger partial charge in [0.2, 0.25) is 0 Å². The number of aromatic nitrogens is 2. The van der Waals surface area contributed by atoms with E-state index in [1.165, 1.54) is 22.6 Å². The van der Waals surface area contributed by atoms with Crippen LogP contribution in [0.4, 0.5) is 4.39 Å². The highest BCUT2D eigenvalue weighted by Crippen LogP contribution is 2.52. The highest BCUT2D eigenvalue weighted by molar-refractivity contribution is 8.00. The van der Waals surface area contributed by atoms with Crippen molar-refractivity contribution in [2.45, 2.75) is 49.7 Å². The summed E-state index contributed by atoms with van der Waals surface area (Å²) in [6.07, 6.45) is 7.14. The van der Waals surface area contributed by atoms with Gasteiger partial charge in [-0.05, 0) is 87.6 Å². The maximum Gasteiger partial charge on any atom is 0.316 e. The lowest BCUT2D eigenvalue weighted by Gasteiger charge is -2.42. The Morgan fingerprint density at radius 1 is 1.21 bits per heavy atom. The van der Waals surface area contributed by atoms with E-state index in [0.29, 0.717) is 18.3 Å². The minimum atomic E-state index is -0.652. The van der Waals surface area contributed by atoms with Crippen LogP contribution in [0.25, 0.3) is 11.8 Å². The Labute approximate surface area is 197 Å². The lowest BCUT2D eigenvalue weighted by Crippen LogP contribution is -2.44. The molecule has 3 aromatic rings. The Bertz CT molecular complexity index is 1200. The van der Waals surface area contributed by atoms with Gasteiger partial charge < -0.3 is 4.74 Å². The molecule has 33 heavy (non-hydrogen) atoms. The first-order valence-corrected chi connectivity index (χ1v) is 12.3. The van der Waals surface area contributed by atoms with Gasteiger partial charge in [-0.15, -0.1) is 11.8 Å². The Morgan fingerprint density at radius 2 is 1.97 bits per heavy atom. The van der Waals surface area contributed by atoms with Crippen molar-refractivity contribution in [1.82, 2.24) is 9.78 Å². The van der Waals surface area contributed by atoms with Gasteiger partial charge in [-0.1, -0.05) is 23.3 Å². The van der Waals surface area contributed by atoms with Gasteiger partial charge in [0, 0.05) is 10.1 Å². The number of thioether (sulfide) groups is 1. The van der Waals surface area contributed by atoms with Crippen molar-refractivity contribution in [3.8, 4) is 5.69 Å². The lowest BCUT2D eigenvalue weighted by molar-refractivity contribution is -0.154. The average Bonchev–Trinajstić information content (AvgIpc) is 3.22. The van der Waals surface area contributed by atoms with Gasteiger partial charge in [0.05, 0.1) is 29.6 Å². The molecule has 0 aliphatic heterocycles. The number of hydrogen-bond acceptors (Lipinski definition) is 4. The summed E-state index contributed by atoms with van der Waals surface area (Å²) in [4.78, 5) is 14.6. The van der Waals surface area contributed by atoms with E-state index < -0.39 is 5.41 Å². The number of nitrogens with zero attached hydrogens (tertiary/aromatic N) is 2. The molecule has 4 nitrogen and oxygen atoms in total. The molecule has 170 valence electrons. The van der Waals surface area contributed by atoms with Crippen molar-refractivity contribution >= 4 is 23.8 Å². The minimum Gasteiger partial charge on any atom is -0.465 e. The van der Waals surface area contributed by atoms with Crippen LogP contribution in [-0.4, -0.2) is 27.6 Å². The first-order chi connectivity index (χ1) is 16.0. The molecule has 2 atom stereocenters. The zero-order chi connectivity index (χ0) is 23.0. The van der Waals surface area contributed by atoms with E-state index in [1.807, 2.05) is 29.6 Å². The van der Waals surface area contributed by atoms with Gasteiger partial charge in [0.1, 0.15) is 5.82 Å². The first-order valence-electron chi connectivity index (χ1n) is 11.4. The molecule has 1 fully saturated rings. The maximum absolute atomic E-state index is 13.4. The molecule has 0 amide bonds. The zero-order valence-corrected chi connectivity index (χ0v) is 19.7. The van der Waals surface area contributed by atoms with Crippen LogP contribution in [-0.2, 0) is 16.0 Å². The number of esters is 1. The fraction of sp³-hybridized carbons (Fsp3) is 0.333. The smallest absolute Gasteiger partial charge is 0.316 e. The van der Waals surface area contributed by atoms with Crippen molar-refractivity contribution in [3.05, 3.63) is 82.9 Å². The Hall–Kier alpha value is -2.86.